The Kier molecular flexibility index (Phi) is 8.88. The summed E-state index contributed by atoms with van der Waals surface area (Å²) >= 11 is 1.46. The van der Waals surface area contributed by atoms with Crippen molar-refractivity contribution in [2.75, 3.05) is 39.0 Å². The van der Waals surface area contributed by atoms with Gasteiger partial charge in [0, 0.05) is 24.4 Å². The van der Waals surface area contributed by atoms with Gasteiger partial charge in [-0.25, -0.2) is 4.98 Å². The Labute approximate surface area is 168 Å². The van der Waals surface area contributed by atoms with E-state index < -0.39 is 0 Å². The van der Waals surface area contributed by atoms with Gasteiger partial charge in [-0.15, -0.1) is 11.3 Å². The van der Waals surface area contributed by atoms with Crippen LogP contribution < -0.4 is 5.32 Å². The molecule has 0 unspecified atom stereocenters. The van der Waals surface area contributed by atoms with Crippen molar-refractivity contribution in [2.24, 2.45) is 11.3 Å². The molecule has 2 amide bonds. The first-order valence-electron chi connectivity index (χ1n) is 9.53. The molecule has 1 aromatic rings. The summed E-state index contributed by atoms with van der Waals surface area (Å²) in [7, 11) is 3.93. The number of anilines is 1. The molecule has 0 radical (unpaired) electrons. The molecule has 1 N–H and O–H groups in total. The molecule has 6 nitrogen and oxygen atoms in total. The van der Waals surface area contributed by atoms with Gasteiger partial charge in [-0.1, -0.05) is 27.7 Å². The number of amides is 2. The van der Waals surface area contributed by atoms with E-state index in [-0.39, 0.29) is 29.7 Å². The van der Waals surface area contributed by atoms with Crippen LogP contribution in [0.1, 0.15) is 51.1 Å². The molecule has 1 rings (SSSR count). The average Bonchev–Trinajstić information content (AvgIpc) is 2.78. The number of thiazole rings is 1. The van der Waals surface area contributed by atoms with Gasteiger partial charge in [0.2, 0.25) is 11.8 Å². The summed E-state index contributed by atoms with van der Waals surface area (Å²) in [5.74, 6) is 0.126. The summed E-state index contributed by atoms with van der Waals surface area (Å²) in [6.07, 6.45) is 1.44. The highest BCUT2D eigenvalue weighted by Gasteiger charge is 2.23. The Bertz CT molecular complexity index is 615. The van der Waals surface area contributed by atoms with Gasteiger partial charge in [0.05, 0.1) is 12.2 Å². The Morgan fingerprint density at radius 1 is 1.19 bits per heavy atom. The van der Waals surface area contributed by atoms with Gasteiger partial charge in [-0.2, -0.15) is 0 Å². The number of nitrogens with one attached hydrogen (secondary N) is 1. The minimum absolute atomic E-state index is 0.0373. The molecule has 0 spiro atoms. The highest BCUT2D eigenvalue weighted by molar-refractivity contribution is 7.15. The number of rotatable bonds is 9. The van der Waals surface area contributed by atoms with Crippen LogP contribution in [-0.2, 0) is 9.59 Å². The van der Waals surface area contributed by atoms with E-state index in [0.717, 1.165) is 23.5 Å². The molecule has 0 aromatic carbocycles. The number of likely N-dealkylation sites (N-methyl/N-ethyl adjacent to an activating group) is 1. The predicted molar refractivity (Wildman–Crippen MR) is 113 cm³/mol. The fourth-order valence-electron chi connectivity index (χ4n) is 3.02. The highest BCUT2D eigenvalue weighted by Crippen LogP contribution is 2.26. The third-order valence-corrected chi connectivity index (χ3v) is 5.25. The maximum atomic E-state index is 12.8. The summed E-state index contributed by atoms with van der Waals surface area (Å²) in [4.78, 5) is 34.4. The monoisotopic (exact) mass is 396 g/mol. The Morgan fingerprint density at radius 3 is 2.30 bits per heavy atom. The molecular weight excluding hydrogens is 360 g/mol. The lowest BCUT2D eigenvalue weighted by Gasteiger charge is -2.27. The van der Waals surface area contributed by atoms with Crippen LogP contribution >= 0.6 is 11.3 Å². The number of hydrogen-bond acceptors (Lipinski definition) is 5. The molecule has 1 atom stereocenters. The molecular formula is C20H36N4O2S. The van der Waals surface area contributed by atoms with Crippen LogP contribution in [-0.4, -0.2) is 60.3 Å². The average molecular weight is 397 g/mol. The van der Waals surface area contributed by atoms with Gasteiger partial charge in [0.1, 0.15) is 0 Å². The quantitative estimate of drug-likeness (QED) is 0.693. The van der Waals surface area contributed by atoms with Crippen molar-refractivity contribution in [1.82, 2.24) is 14.8 Å². The molecule has 1 heterocycles. The van der Waals surface area contributed by atoms with Crippen molar-refractivity contribution >= 4 is 28.3 Å². The largest absolute Gasteiger partial charge is 0.332 e. The fraction of sp³-hybridized carbons (Fsp3) is 0.750. The first kappa shape index (κ1) is 23.6. The first-order chi connectivity index (χ1) is 12.4. The minimum Gasteiger partial charge on any atom is -0.332 e. The van der Waals surface area contributed by atoms with E-state index in [1.165, 1.54) is 11.3 Å². The molecule has 0 aliphatic heterocycles. The molecule has 0 aliphatic carbocycles. The summed E-state index contributed by atoms with van der Waals surface area (Å²) in [6, 6.07) is 0. The van der Waals surface area contributed by atoms with Crippen LogP contribution in [0.15, 0.2) is 0 Å². The second kappa shape index (κ2) is 10.2. The number of aryl methyl sites for hydroxylation is 2. The van der Waals surface area contributed by atoms with Crippen molar-refractivity contribution < 1.29 is 9.59 Å². The van der Waals surface area contributed by atoms with Crippen LogP contribution in [0.5, 0.6) is 0 Å². The van der Waals surface area contributed by atoms with Crippen molar-refractivity contribution in [1.29, 1.82) is 0 Å². The molecule has 154 valence electrons. The maximum Gasteiger partial charge on any atom is 0.245 e. The second-order valence-corrected chi connectivity index (χ2v) is 10.1. The summed E-state index contributed by atoms with van der Waals surface area (Å²) < 4.78 is 0. The van der Waals surface area contributed by atoms with E-state index in [1.807, 2.05) is 32.8 Å². The van der Waals surface area contributed by atoms with Crippen LogP contribution in [0, 0.1) is 25.2 Å². The molecule has 1 aromatic heterocycles. The fourth-order valence-corrected chi connectivity index (χ4v) is 3.85. The SMILES string of the molecule is Cc1nc(NC(=O)CN(CCN(C)C)C(=O)C[C@H](C)CC(C)(C)C)sc1C. The first-order valence-corrected chi connectivity index (χ1v) is 10.4. The van der Waals surface area contributed by atoms with Crippen molar-refractivity contribution in [3.8, 4) is 0 Å². The molecule has 27 heavy (non-hydrogen) atoms. The van der Waals surface area contributed by atoms with Crippen LogP contribution in [0.3, 0.4) is 0 Å². The lowest BCUT2D eigenvalue weighted by molar-refractivity contribution is -0.135. The Morgan fingerprint density at radius 2 is 1.81 bits per heavy atom. The van der Waals surface area contributed by atoms with E-state index in [2.05, 4.69) is 38.0 Å². The Balaban J connectivity index is 2.71. The molecule has 0 aliphatic rings. The molecule has 0 bridgehead atoms. The zero-order chi connectivity index (χ0) is 20.8. The Hall–Kier alpha value is -1.47. The van der Waals surface area contributed by atoms with Crippen LogP contribution in [0.25, 0.3) is 0 Å². The number of carbonyl (C=O) groups is 2. The van der Waals surface area contributed by atoms with Gasteiger partial charge in [0.25, 0.3) is 0 Å². The third-order valence-electron chi connectivity index (χ3n) is 4.26. The number of nitrogens with zero attached hydrogens (tertiary/aromatic N) is 3. The topological polar surface area (TPSA) is 65.5 Å². The number of carbonyl (C=O) groups excluding carboxylic acids is 2. The lowest BCUT2D eigenvalue weighted by atomic mass is 9.84. The van der Waals surface area contributed by atoms with Gasteiger partial charge < -0.3 is 15.1 Å². The summed E-state index contributed by atoms with van der Waals surface area (Å²) in [5.41, 5.74) is 1.11. The summed E-state index contributed by atoms with van der Waals surface area (Å²) in [6.45, 7) is 13.9. The molecule has 0 saturated carbocycles. The zero-order valence-corrected chi connectivity index (χ0v) is 19.0. The number of aromatic nitrogens is 1. The second-order valence-electron chi connectivity index (χ2n) is 8.90. The maximum absolute atomic E-state index is 12.8. The standard InChI is InChI=1S/C20H36N4O2S/c1-14(12-20(4,5)6)11-18(26)24(10-9-23(7)8)13-17(25)22-19-21-15(2)16(3)27-19/h14H,9-13H2,1-8H3,(H,21,22,25)/t14-/m0/s1. The molecule has 7 heteroatoms. The van der Waals surface area contributed by atoms with Crippen molar-refractivity contribution in [2.45, 2.75) is 54.4 Å². The van der Waals surface area contributed by atoms with Crippen LogP contribution in [0.4, 0.5) is 5.13 Å². The highest BCUT2D eigenvalue weighted by atomic mass is 32.1. The molecule has 0 saturated heterocycles. The summed E-state index contributed by atoms with van der Waals surface area (Å²) in [5, 5.41) is 3.42. The van der Waals surface area contributed by atoms with E-state index in [1.54, 1.807) is 4.90 Å². The minimum atomic E-state index is -0.195. The third kappa shape index (κ3) is 9.33. The van der Waals surface area contributed by atoms with Gasteiger partial charge in [-0.05, 0) is 45.7 Å². The van der Waals surface area contributed by atoms with E-state index in [4.69, 9.17) is 0 Å². The van der Waals surface area contributed by atoms with Crippen molar-refractivity contribution in [3.05, 3.63) is 10.6 Å². The predicted octanol–water partition coefficient (Wildman–Crippen LogP) is 3.55. The van der Waals surface area contributed by atoms with Crippen LogP contribution in [0.2, 0.25) is 0 Å². The van der Waals surface area contributed by atoms with E-state index >= 15 is 0 Å². The smallest absolute Gasteiger partial charge is 0.245 e. The van der Waals surface area contributed by atoms with E-state index in [9.17, 15) is 9.59 Å². The number of hydrogen-bond donors (Lipinski definition) is 1. The van der Waals surface area contributed by atoms with Gasteiger partial charge in [0.15, 0.2) is 5.13 Å². The van der Waals surface area contributed by atoms with Crippen molar-refractivity contribution in [3.63, 3.8) is 0 Å². The molecule has 0 fully saturated rings. The lowest BCUT2D eigenvalue weighted by Crippen LogP contribution is -2.42. The zero-order valence-electron chi connectivity index (χ0n) is 18.2. The van der Waals surface area contributed by atoms with Gasteiger partial charge >= 0.3 is 0 Å². The van der Waals surface area contributed by atoms with E-state index in [0.29, 0.717) is 18.1 Å². The normalized spacial score (nSPS) is 12.9. The van der Waals surface area contributed by atoms with Gasteiger partial charge in [-0.3, -0.25) is 9.59 Å².